The second-order valence-electron chi connectivity index (χ2n) is 3.99. The largest absolute Gasteiger partial charge is 0.397 e. The van der Waals surface area contributed by atoms with E-state index in [1.165, 1.54) is 18.2 Å². The molecule has 7 heteroatoms. The predicted molar refractivity (Wildman–Crippen MR) is 78.6 cm³/mol. The number of hydrogen-bond donors (Lipinski definition) is 2. The monoisotopic (exact) mass is 308 g/mol. The van der Waals surface area contributed by atoms with Gasteiger partial charge in [-0.05, 0) is 43.6 Å². The fourth-order valence-corrected chi connectivity index (χ4v) is 3.40. The van der Waals surface area contributed by atoms with Crippen molar-refractivity contribution in [3.8, 4) is 0 Å². The number of anilines is 1. The summed E-state index contributed by atoms with van der Waals surface area (Å²) < 4.78 is 26.7. The van der Waals surface area contributed by atoms with E-state index in [9.17, 15) is 8.42 Å². The van der Waals surface area contributed by atoms with E-state index in [0.29, 0.717) is 5.02 Å². The molecule has 3 N–H and O–H groups in total. The molecule has 0 amide bonds. The van der Waals surface area contributed by atoms with Crippen molar-refractivity contribution >= 4 is 39.1 Å². The van der Waals surface area contributed by atoms with Gasteiger partial charge in [0.1, 0.15) is 0 Å². The maximum Gasteiger partial charge on any atom is 0.240 e. The van der Waals surface area contributed by atoms with Gasteiger partial charge >= 0.3 is 0 Å². The van der Waals surface area contributed by atoms with Gasteiger partial charge in [0.15, 0.2) is 0 Å². The topological polar surface area (TPSA) is 72.2 Å². The van der Waals surface area contributed by atoms with Crippen LogP contribution in [0, 0.1) is 0 Å². The maximum absolute atomic E-state index is 12.1. The molecular formula is C11H17ClN2O2S2. The number of thioether (sulfide) groups is 1. The van der Waals surface area contributed by atoms with Crippen LogP contribution in [0.15, 0.2) is 23.1 Å². The molecule has 0 spiro atoms. The lowest BCUT2D eigenvalue weighted by atomic mass is 10.3. The second-order valence-corrected chi connectivity index (χ2v) is 7.09. The van der Waals surface area contributed by atoms with Crippen molar-refractivity contribution in [3.05, 3.63) is 23.2 Å². The predicted octanol–water partition coefficient (Wildman–Crippen LogP) is 2.34. The zero-order valence-corrected chi connectivity index (χ0v) is 12.7. The molecule has 0 aliphatic heterocycles. The van der Waals surface area contributed by atoms with Crippen LogP contribution in [-0.4, -0.2) is 26.5 Å². The molecule has 1 aromatic carbocycles. The molecule has 0 heterocycles. The molecule has 0 aliphatic carbocycles. The minimum atomic E-state index is -3.53. The Labute approximate surface area is 117 Å². The van der Waals surface area contributed by atoms with Crippen LogP contribution in [0.2, 0.25) is 5.02 Å². The molecule has 0 aliphatic rings. The third kappa shape index (κ3) is 4.35. The molecule has 102 valence electrons. The van der Waals surface area contributed by atoms with Crippen LogP contribution in [0.5, 0.6) is 0 Å². The Bertz CT molecular complexity index is 506. The SMILES string of the molecule is CSCCC(C)NS(=O)(=O)c1ccc(Cl)c(N)c1. The zero-order valence-electron chi connectivity index (χ0n) is 10.3. The Kier molecular flexibility index (Phi) is 5.78. The molecule has 0 saturated carbocycles. The molecule has 0 radical (unpaired) electrons. The number of benzene rings is 1. The van der Waals surface area contributed by atoms with E-state index >= 15 is 0 Å². The maximum atomic E-state index is 12.1. The third-order valence-corrected chi connectivity index (χ3v) is 4.96. The molecule has 1 rings (SSSR count). The first-order valence-electron chi connectivity index (χ1n) is 5.43. The number of nitrogens with one attached hydrogen (secondary N) is 1. The van der Waals surface area contributed by atoms with Gasteiger partial charge in [0.2, 0.25) is 10.0 Å². The molecule has 1 aromatic rings. The highest BCUT2D eigenvalue weighted by Crippen LogP contribution is 2.22. The first-order chi connectivity index (χ1) is 8.36. The molecule has 0 bridgehead atoms. The second kappa shape index (κ2) is 6.65. The van der Waals surface area contributed by atoms with Crippen molar-refractivity contribution in [2.45, 2.75) is 24.3 Å². The van der Waals surface area contributed by atoms with Crippen LogP contribution < -0.4 is 10.5 Å². The summed E-state index contributed by atoms with van der Waals surface area (Å²) in [6.07, 6.45) is 2.77. The summed E-state index contributed by atoms with van der Waals surface area (Å²) in [6, 6.07) is 4.19. The van der Waals surface area contributed by atoms with E-state index in [2.05, 4.69) is 4.72 Å². The van der Waals surface area contributed by atoms with Crippen molar-refractivity contribution in [3.63, 3.8) is 0 Å². The van der Waals surface area contributed by atoms with Gasteiger partial charge in [-0.25, -0.2) is 13.1 Å². The van der Waals surface area contributed by atoms with Crippen molar-refractivity contribution in [1.82, 2.24) is 4.72 Å². The summed E-state index contributed by atoms with van der Waals surface area (Å²) in [6.45, 7) is 1.84. The van der Waals surface area contributed by atoms with Gasteiger partial charge in [-0.15, -0.1) is 0 Å². The molecule has 0 fully saturated rings. The summed E-state index contributed by atoms with van der Waals surface area (Å²) in [5.74, 6) is 0.909. The molecule has 4 nitrogen and oxygen atoms in total. The average Bonchev–Trinajstić information content (AvgIpc) is 2.29. The number of nitrogens with two attached hydrogens (primary N) is 1. The Morgan fingerprint density at radius 3 is 2.72 bits per heavy atom. The average molecular weight is 309 g/mol. The van der Waals surface area contributed by atoms with Crippen molar-refractivity contribution in [2.24, 2.45) is 0 Å². The van der Waals surface area contributed by atoms with Crippen LogP contribution in [-0.2, 0) is 10.0 Å². The number of halogens is 1. The lowest BCUT2D eigenvalue weighted by Crippen LogP contribution is -2.33. The minimum Gasteiger partial charge on any atom is -0.397 e. The van der Waals surface area contributed by atoms with Crippen LogP contribution in [0.3, 0.4) is 0 Å². The Balaban J connectivity index is 2.83. The van der Waals surface area contributed by atoms with Gasteiger partial charge in [-0.1, -0.05) is 11.6 Å². The zero-order chi connectivity index (χ0) is 13.8. The van der Waals surface area contributed by atoms with E-state index in [0.717, 1.165) is 12.2 Å². The lowest BCUT2D eigenvalue weighted by molar-refractivity contribution is 0.557. The molecule has 0 aromatic heterocycles. The van der Waals surface area contributed by atoms with Crippen LogP contribution in [0.25, 0.3) is 0 Å². The van der Waals surface area contributed by atoms with Crippen molar-refractivity contribution in [1.29, 1.82) is 0 Å². The Morgan fingerprint density at radius 2 is 2.17 bits per heavy atom. The molecule has 1 unspecified atom stereocenters. The molecular weight excluding hydrogens is 292 g/mol. The highest BCUT2D eigenvalue weighted by Gasteiger charge is 2.17. The minimum absolute atomic E-state index is 0.112. The highest BCUT2D eigenvalue weighted by atomic mass is 35.5. The summed E-state index contributed by atoms with van der Waals surface area (Å²) >= 11 is 7.45. The van der Waals surface area contributed by atoms with Gasteiger partial charge in [-0.3, -0.25) is 0 Å². The molecule has 1 atom stereocenters. The Morgan fingerprint density at radius 1 is 1.50 bits per heavy atom. The van der Waals surface area contributed by atoms with E-state index in [4.69, 9.17) is 17.3 Å². The van der Waals surface area contributed by atoms with Crippen LogP contribution >= 0.6 is 23.4 Å². The lowest BCUT2D eigenvalue weighted by Gasteiger charge is -2.14. The quantitative estimate of drug-likeness (QED) is 0.791. The third-order valence-electron chi connectivity index (χ3n) is 2.39. The first kappa shape index (κ1) is 15.6. The van der Waals surface area contributed by atoms with Crippen molar-refractivity contribution < 1.29 is 8.42 Å². The summed E-state index contributed by atoms with van der Waals surface area (Å²) in [7, 11) is -3.53. The van der Waals surface area contributed by atoms with Gasteiger partial charge in [0.05, 0.1) is 15.6 Å². The van der Waals surface area contributed by atoms with Gasteiger partial charge in [0.25, 0.3) is 0 Å². The van der Waals surface area contributed by atoms with Gasteiger partial charge in [0, 0.05) is 6.04 Å². The number of hydrogen-bond acceptors (Lipinski definition) is 4. The summed E-state index contributed by atoms with van der Waals surface area (Å²) in [4.78, 5) is 0.139. The number of rotatable bonds is 6. The Hall–Kier alpha value is -0.430. The fraction of sp³-hybridized carbons (Fsp3) is 0.455. The fourth-order valence-electron chi connectivity index (χ4n) is 1.38. The van der Waals surface area contributed by atoms with E-state index < -0.39 is 10.0 Å². The van der Waals surface area contributed by atoms with E-state index in [1.54, 1.807) is 11.8 Å². The summed E-state index contributed by atoms with van der Waals surface area (Å²) in [5, 5.41) is 0.351. The first-order valence-corrected chi connectivity index (χ1v) is 8.68. The van der Waals surface area contributed by atoms with E-state index in [1.807, 2.05) is 13.2 Å². The van der Waals surface area contributed by atoms with Gasteiger partial charge in [-0.2, -0.15) is 11.8 Å². The highest BCUT2D eigenvalue weighted by molar-refractivity contribution is 7.98. The molecule has 18 heavy (non-hydrogen) atoms. The molecule has 0 saturated heterocycles. The summed E-state index contributed by atoms with van der Waals surface area (Å²) in [5.41, 5.74) is 5.86. The van der Waals surface area contributed by atoms with Gasteiger partial charge < -0.3 is 5.73 Å². The van der Waals surface area contributed by atoms with Crippen molar-refractivity contribution in [2.75, 3.05) is 17.7 Å². The van der Waals surface area contributed by atoms with E-state index in [-0.39, 0.29) is 16.6 Å². The number of sulfonamides is 1. The number of nitrogen functional groups attached to an aromatic ring is 1. The standard InChI is InChI=1S/C11H17ClN2O2S2/c1-8(5-6-17-2)14-18(15,16)9-3-4-10(12)11(13)7-9/h3-4,7-8,14H,5-6,13H2,1-2H3. The smallest absolute Gasteiger partial charge is 0.240 e. The normalized spacial score (nSPS) is 13.5. The van der Waals surface area contributed by atoms with Crippen LogP contribution in [0.1, 0.15) is 13.3 Å². The van der Waals surface area contributed by atoms with Crippen LogP contribution in [0.4, 0.5) is 5.69 Å².